The second-order valence-corrected chi connectivity index (χ2v) is 5.87. The van der Waals surface area contributed by atoms with Gasteiger partial charge < -0.3 is 10.2 Å². The zero-order chi connectivity index (χ0) is 12.5. The average molecular weight is 323 g/mol. The number of hydrogen-bond acceptors (Lipinski definition) is 4. The van der Waals surface area contributed by atoms with Crippen molar-refractivity contribution in [2.75, 3.05) is 0 Å². The number of nitrogens with two attached hydrogens (primary N) is 1. The third kappa shape index (κ3) is 2.21. The lowest BCUT2D eigenvalue weighted by atomic mass is 10.1. The Balaban J connectivity index is 1.86. The molecule has 0 fully saturated rings. The van der Waals surface area contributed by atoms with Crippen LogP contribution < -0.4 is 5.73 Å². The van der Waals surface area contributed by atoms with Gasteiger partial charge in [-0.1, -0.05) is 12.1 Å². The van der Waals surface area contributed by atoms with Crippen LogP contribution in [0.25, 0.3) is 10.2 Å². The van der Waals surface area contributed by atoms with E-state index in [0.717, 1.165) is 22.5 Å². The summed E-state index contributed by atoms with van der Waals surface area (Å²) in [6.45, 7) is 0. The monoisotopic (exact) mass is 322 g/mol. The second kappa shape index (κ2) is 4.84. The van der Waals surface area contributed by atoms with Crippen LogP contribution in [0.2, 0.25) is 0 Å². The van der Waals surface area contributed by atoms with E-state index in [0.29, 0.717) is 4.67 Å². The first kappa shape index (κ1) is 11.9. The first-order valence-corrected chi connectivity index (χ1v) is 7.18. The van der Waals surface area contributed by atoms with Crippen LogP contribution in [-0.2, 0) is 6.42 Å². The van der Waals surface area contributed by atoms with E-state index in [1.165, 1.54) is 4.70 Å². The fraction of sp³-hybridized carbons (Fsp3) is 0.154. The van der Waals surface area contributed by atoms with Crippen LogP contribution in [0.1, 0.15) is 16.6 Å². The molecule has 2 aromatic heterocycles. The van der Waals surface area contributed by atoms with E-state index in [1.807, 2.05) is 24.3 Å². The number of rotatable bonds is 3. The number of fused-ring (bicyclic) bond motifs is 1. The summed E-state index contributed by atoms with van der Waals surface area (Å²) in [5, 5.41) is 1.05. The molecule has 3 aromatic rings. The molecule has 1 atom stereocenters. The molecule has 0 spiro atoms. The van der Waals surface area contributed by atoms with Gasteiger partial charge >= 0.3 is 0 Å². The summed E-state index contributed by atoms with van der Waals surface area (Å²) in [5.41, 5.74) is 8.19. The number of benzene rings is 1. The zero-order valence-corrected chi connectivity index (χ0v) is 11.9. The minimum Gasteiger partial charge on any atom is -0.457 e. The molecule has 1 aromatic carbocycles. The van der Waals surface area contributed by atoms with Gasteiger partial charge in [-0.2, -0.15) is 0 Å². The Morgan fingerprint density at radius 1 is 1.33 bits per heavy atom. The van der Waals surface area contributed by atoms with Crippen molar-refractivity contribution in [1.29, 1.82) is 0 Å². The van der Waals surface area contributed by atoms with E-state index in [4.69, 9.17) is 10.2 Å². The van der Waals surface area contributed by atoms with Crippen molar-refractivity contribution in [3.05, 3.63) is 51.8 Å². The van der Waals surface area contributed by atoms with Crippen molar-refractivity contribution in [2.45, 2.75) is 12.5 Å². The Kier molecular flexibility index (Phi) is 3.20. The maximum Gasteiger partial charge on any atom is 0.173 e. The van der Waals surface area contributed by atoms with Gasteiger partial charge in [0.05, 0.1) is 21.5 Å². The molecule has 18 heavy (non-hydrogen) atoms. The molecule has 0 radical (unpaired) electrons. The molecule has 0 aliphatic heterocycles. The number of aromatic nitrogens is 1. The maximum absolute atomic E-state index is 6.17. The van der Waals surface area contributed by atoms with E-state index in [1.54, 1.807) is 17.6 Å². The number of nitrogens with zero attached hydrogens (tertiary/aromatic N) is 1. The number of thiazole rings is 1. The smallest absolute Gasteiger partial charge is 0.173 e. The quantitative estimate of drug-likeness (QED) is 0.795. The molecule has 0 aliphatic carbocycles. The molecule has 0 amide bonds. The van der Waals surface area contributed by atoms with Gasteiger partial charge in [-0.25, -0.2) is 4.98 Å². The van der Waals surface area contributed by atoms with E-state index in [-0.39, 0.29) is 6.04 Å². The molecule has 5 heteroatoms. The van der Waals surface area contributed by atoms with Gasteiger partial charge in [-0.15, -0.1) is 11.3 Å². The molecule has 0 saturated heterocycles. The molecule has 3 rings (SSSR count). The highest BCUT2D eigenvalue weighted by Gasteiger charge is 2.15. The third-order valence-electron chi connectivity index (χ3n) is 2.78. The molecular formula is C13H11BrN2OS. The second-order valence-electron chi connectivity index (χ2n) is 4.04. The Bertz CT molecular complexity index is 643. The number of para-hydroxylation sites is 1. The SMILES string of the molecule is NC(Cc1nc2ccccc2s1)c1ccoc1Br. The van der Waals surface area contributed by atoms with Crippen LogP contribution in [0.15, 0.2) is 45.7 Å². The lowest BCUT2D eigenvalue weighted by Crippen LogP contribution is -2.12. The predicted octanol–water partition coefficient (Wildman–Crippen LogP) is 3.89. The van der Waals surface area contributed by atoms with Gasteiger partial charge in [-0.3, -0.25) is 0 Å². The first-order valence-electron chi connectivity index (χ1n) is 5.57. The first-order chi connectivity index (χ1) is 8.74. The molecule has 1 unspecified atom stereocenters. The summed E-state index contributed by atoms with van der Waals surface area (Å²) in [5.74, 6) is 0. The standard InChI is InChI=1S/C13H11BrN2OS/c14-13-8(5-6-17-13)9(15)7-12-16-10-3-1-2-4-11(10)18-12/h1-6,9H,7,15H2. The predicted molar refractivity (Wildman–Crippen MR) is 76.7 cm³/mol. The molecule has 2 N–H and O–H groups in total. The summed E-state index contributed by atoms with van der Waals surface area (Å²) in [4.78, 5) is 4.58. The summed E-state index contributed by atoms with van der Waals surface area (Å²) in [6, 6.07) is 9.92. The van der Waals surface area contributed by atoms with Gasteiger partial charge in [-0.05, 0) is 34.1 Å². The minimum atomic E-state index is -0.0984. The molecule has 2 heterocycles. The molecule has 3 nitrogen and oxygen atoms in total. The Labute approximate surface area is 117 Å². The molecular weight excluding hydrogens is 312 g/mol. The van der Waals surface area contributed by atoms with Gasteiger partial charge in [0, 0.05) is 18.0 Å². The minimum absolute atomic E-state index is 0.0984. The summed E-state index contributed by atoms with van der Waals surface area (Å²) < 4.78 is 7.11. The largest absolute Gasteiger partial charge is 0.457 e. The van der Waals surface area contributed by atoms with Crippen LogP contribution in [0.5, 0.6) is 0 Å². The molecule has 0 bridgehead atoms. The Morgan fingerprint density at radius 3 is 2.89 bits per heavy atom. The van der Waals surface area contributed by atoms with Crippen LogP contribution in [0, 0.1) is 0 Å². The Hall–Kier alpha value is -1.17. The number of furan rings is 1. The van der Waals surface area contributed by atoms with Crippen LogP contribution in [-0.4, -0.2) is 4.98 Å². The third-order valence-corrected chi connectivity index (χ3v) is 4.48. The van der Waals surface area contributed by atoms with E-state index in [9.17, 15) is 0 Å². The van der Waals surface area contributed by atoms with Crippen molar-refractivity contribution in [3.63, 3.8) is 0 Å². The highest BCUT2D eigenvalue weighted by molar-refractivity contribution is 9.10. The lowest BCUT2D eigenvalue weighted by molar-refractivity contribution is 0.531. The van der Waals surface area contributed by atoms with Crippen molar-refractivity contribution >= 4 is 37.5 Å². The Morgan fingerprint density at radius 2 is 2.17 bits per heavy atom. The highest BCUT2D eigenvalue weighted by atomic mass is 79.9. The average Bonchev–Trinajstić information content (AvgIpc) is 2.94. The van der Waals surface area contributed by atoms with Crippen molar-refractivity contribution in [3.8, 4) is 0 Å². The van der Waals surface area contributed by atoms with Crippen molar-refractivity contribution in [2.24, 2.45) is 5.73 Å². The van der Waals surface area contributed by atoms with Gasteiger partial charge in [0.25, 0.3) is 0 Å². The number of hydrogen-bond donors (Lipinski definition) is 1. The van der Waals surface area contributed by atoms with Crippen LogP contribution in [0.4, 0.5) is 0 Å². The zero-order valence-electron chi connectivity index (χ0n) is 9.47. The maximum atomic E-state index is 6.17. The van der Waals surface area contributed by atoms with E-state index in [2.05, 4.69) is 27.0 Å². The summed E-state index contributed by atoms with van der Waals surface area (Å²) >= 11 is 5.04. The summed E-state index contributed by atoms with van der Waals surface area (Å²) in [6.07, 6.45) is 2.36. The van der Waals surface area contributed by atoms with Crippen LogP contribution in [0.3, 0.4) is 0 Å². The normalized spacial score (nSPS) is 13.0. The molecule has 0 aliphatic rings. The fourth-order valence-corrected chi connectivity index (χ4v) is 3.44. The van der Waals surface area contributed by atoms with Gasteiger partial charge in [0.2, 0.25) is 0 Å². The van der Waals surface area contributed by atoms with Crippen molar-refractivity contribution < 1.29 is 4.42 Å². The molecule has 0 saturated carbocycles. The van der Waals surface area contributed by atoms with E-state index >= 15 is 0 Å². The van der Waals surface area contributed by atoms with Gasteiger partial charge in [0.1, 0.15) is 0 Å². The molecule has 92 valence electrons. The number of halogens is 1. The van der Waals surface area contributed by atoms with Crippen LogP contribution >= 0.6 is 27.3 Å². The van der Waals surface area contributed by atoms with Gasteiger partial charge in [0.15, 0.2) is 4.67 Å². The lowest BCUT2D eigenvalue weighted by Gasteiger charge is -2.07. The van der Waals surface area contributed by atoms with Crippen molar-refractivity contribution in [1.82, 2.24) is 4.98 Å². The summed E-state index contributed by atoms with van der Waals surface area (Å²) in [7, 11) is 0. The van der Waals surface area contributed by atoms with E-state index < -0.39 is 0 Å². The highest BCUT2D eigenvalue weighted by Crippen LogP contribution is 2.28. The fourth-order valence-electron chi connectivity index (χ4n) is 1.88. The topological polar surface area (TPSA) is 52.0 Å².